The Balaban J connectivity index is 1.42. The maximum absolute atomic E-state index is 13.4. The van der Waals surface area contributed by atoms with Crippen molar-refractivity contribution in [1.29, 1.82) is 0 Å². The summed E-state index contributed by atoms with van der Waals surface area (Å²) in [6.45, 7) is 1.64. The molecule has 0 fully saturated rings. The molecule has 0 bridgehead atoms. The molecule has 0 radical (unpaired) electrons. The van der Waals surface area contributed by atoms with Crippen molar-refractivity contribution in [1.82, 2.24) is 10.2 Å². The SMILES string of the molecule is COc1ccc(CNC(=O)[C@H](C)N(Cc2ccc(OC)cc2)C(=O)COc2ccc(S(=O)(=O)Nc3ccc(F)cc3)cc2)cc1. The van der Waals surface area contributed by atoms with E-state index in [-0.39, 0.29) is 35.3 Å². The fraction of sp³-hybridized carbons (Fsp3) is 0.212. The normalized spacial score (nSPS) is 11.6. The van der Waals surface area contributed by atoms with Crippen LogP contribution in [0, 0.1) is 5.82 Å². The monoisotopic (exact) mass is 635 g/mol. The molecule has 4 aromatic rings. The van der Waals surface area contributed by atoms with Crippen LogP contribution in [-0.2, 0) is 32.7 Å². The Hall–Kier alpha value is -5.10. The molecule has 0 saturated carbocycles. The van der Waals surface area contributed by atoms with E-state index in [2.05, 4.69) is 10.0 Å². The highest BCUT2D eigenvalue weighted by Crippen LogP contribution is 2.21. The van der Waals surface area contributed by atoms with E-state index in [9.17, 15) is 22.4 Å². The maximum atomic E-state index is 13.4. The standard InChI is InChI=1S/C33H34FN3O7S/c1-23(33(39)35-20-24-4-12-28(42-2)13-5-24)37(21-25-6-14-29(43-3)15-7-25)32(38)22-44-30-16-18-31(19-17-30)45(40,41)36-27-10-8-26(34)9-11-27/h4-19,23,36H,20-22H2,1-3H3,(H,35,39)/t23-/m0/s1. The van der Waals surface area contributed by atoms with Gasteiger partial charge in [-0.2, -0.15) is 0 Å². The third kappa shape index (κ3) is 9.19. The Labute approximate surface area is 261 Å². The first kappa shape index (κ1) is 32.8. The minimum atomic E-state index is -3.94. The number of carbonyl (C=O) groups is 2. The van der Waals surface area contributed by atoms with Crippen LogP contribution in [0.15, 0.2) is 102 Å². The van der Waals surface area contributed by atoms with Gasteiger partial charge in [0.2, 0.25) is 5.91 Å². The van der Waals surface area contributed by atoms with Crippen LogP contribution in [0.5, 0.6) is 17.2 Å². The first-order valence-corrected chi connectivity index (χ1v) is 15.4. The van der Waals surface area contributed by atoms with E-state index in [0.29, 0.717) is 11.5 Å². The zero-order valence-electron chi connectivity index (χ0n) is 25.0. The van der Waals surface area contributed by atoms with E-state index in [1.807, 2.05) is 12.1 Å². The molecular weight excluding hydrogens is 601 g/mol. The lowest BCUT2D eigenvalue weighted by atomic mass is 10.1. The van der Waals surface area contributed by atoms with Crippen LogP contribution in [0.25, 0.3) is 0 Å². The van der Waals surface area contributed by atoms with E-state index >= 15 is 0 Å². The Bertz CT molecular complexity index is 1680. The summed E-state index contributed by atoms with van der Waals surface area (Å²) in [6.07, 6.45) is 0. The second kappa shape index (κ2) is 15.1. The predicted octanol–water partition coefficient (Wildman–Crippen LogP) is 4.76. The number of amides is 2. The second-order valence-corrected chi connectivity index (χ2v) is 11.7. The van der Waals surface area contributed by atoms with Crippen molar-refractivity contribution < 1.29 is 36.6 Å². The molecule has 2 amide bonds. The Morgan fingerprint density at radius 3 is 1.87 bits per heavy atom. The molecule has 1 atom stereocenters. The summed E-state index contributed by atoms with van der Waals surface area (Å²) in [5, 5.41) is 2.87. The Kier molecular flexibility index (Phi) is 11.0. The maximum Gasteiger partial charge on any atom is 0.261 e. The van der Waals surface area contributed by atoms with E-state index in [1.54, 1.807) is 57.5 Å². The van der Waals surface area contributed by atoms with Gasteiger partial charge in [-0.25, -0.2) is 12.8 Å². The first-order chi connectivity index (χ1) is 21.6. The average molecular weight is 636 g/mol. The van der Waals surface area contributed by atoms with Gasteiger partial charge in [0.25, 0.3) is 15.9 Å². The van der Waals surface area contributed by atoms with E-state index in [1.165, 1.54) is 41.3 Å². The summed E-state index contributed by atoms with van der Waals surface area (Å²) in [4.78, 5) is 28.0. The molecule has 12 heteroatoms. The van der Waals surface area contributed by atoms with Crippen molar-refractivity contribution in [3.8, 4) is 17.2 Å². The summed E-state index contributed by atoms with van der Waals surface area (Å²) in [5.41, 5.74) is 1.86. The van der Waals surface area contributed by atoms with Crippen LogP contribution in [0.4, 0.5) is 10.1 Å². The van der Waals surface area contributed by atoms with Gasteiger partial charge in [0.1, 0.15) is 29.1 Å². The number of hydrogen-bond acceptors (Lipinski definition) is 7. The molecule has 4 aromatic carbocycles. The number of carbonyl (C=O) groups excluding carboxylic acids is 2. The quantitative estimate of drug-likeness (QED) is 0.205. The minimum absolute atomic E-state index is 0.0474. The number of nitrogens with one attached hydrogen (secondary N) is 2. The zero-order chi connectivity index (χ0) is 32.4. The lowest BCUT2D eigenvalue weighted by Crippen LogP contribution is -2.48. The third-order valence-electron chi connectivity index (χ3n) is 6.90. The molecule has 45 heavy (non-hydrogen) atoms. The highest BCUT2D eigenvalue weighted by atomic mass is 32.2. The number of halogens is 1. The molecule has 0 aliphatic heterocycles. The van der Waals surface area contributed by atoms with Gasteiger partial charge in [-0.05, 0) is 90.8 Å². The van der Waals surface area contributed by atoms with Crippen molar-refractivity contribution in [2.45, 2.75) is 31.0 Å². The van der Waals surface area contributed by atoms with Crippen molar-refractivity contribution in [2.75, 3.05) is 25.5 Å². The fourth-order valence-corrected chi connectivity index (χ4v) is 5.32. The molecule has 4 rings (SSSR count). The number of nitrogens with zero attached hydrogens (tertiary/aromatic N) is 1. The molecule has 0 spiro atoms. The summed E-state index contributed by atoms with van der Waals surface area (Å²) in [5.74, 6) is 0.324. The smallest absolute Gasteiger partial charge is 0.261 e. The van der Waals surface area contributed by atoms with Crippen molar-refractivity contribution >= 4 is 27.5 Å². The lowest BCUT2D eigenvalue weighted by Gasteiger charge is -2.29. The van der Waals surface area contributed by atoms with Crippen molar-refractivity contribution in [3.63, 3.8) is 0 Å². The van der Waals surface area contributed by atoms with Crippen LogP contribution in [0.2, 0.25) is 0 Å². The van der Waals surface area contributed by atoms with Gasteiger partial charge in [-0.15, -0.1) is 0 Å². The largest absolute Gasteiger partial charge is 0.497 e. The summed E-state index contributed by atoms with van der Waals surface area (Å²) in [7, 11) is -0.808. The van der Waals surface area contributed by atoms with Crippen LogP contribution in [-0.4, -0.2) is 52.0 Å². The number of benzene rings is 4. The number of rotatable bonds is 14. The van der Waals surface area contributed by atoms with Crippen LogP contribution in [0.1, 0.15) is 18.1 Å². The van der Waals surface area contributed by atoms with Gasteiger partial charge in [-0.1, -0.05) is 24.3 Å². The fourth-order valence-electron chi connectivity index (χ4n) is 4.27. The van der Waals surface area contributed by atoms with E-state index in [4.69, 9.17) is 14.2 Å². The Morgan fingerprint density at radius 1 is 0.778 bits per heavy atom. The van der Waals surface area contributed by atoms with Gasteiger partial charge in [0.05, 0.1) is 19.1 Å². The van der Waals surface area contributed by atoms with Gasteiger partial charge in [0, 0.05) is 18.8 Å². The lowest BCUT2D eigenvalue weighted by molar-refractivity contribution is -0.142. The van der Waals surface area contributed by atoms with Gasteiger partial charge >= 0.3 is 0 Å². The molecule has 0 aliphatic carbocycles. The summed E-state index contributed by atoms with van der Waals surface area (Å²) >= 11 is 0. The first-order valence-electron chi connectivity index (χ1n) is 13.9. The molecule has 10 nitrogen and oxygen atoms in total. The molecule has 236 valence electrons. The zero-order valence-corrected chi connectivity index (χ0v) is 25.8. The molecule has 0 saturated heterocycles. The molecule has 0 aromatic heterocycles. The highest BCUT2D eigenvalue weighted by Gasteiger charge is 2.26. The van der Waals surface area contributed by atoms with Gasteiger partial charge < -0.3 is 24.4 Å². The van der Waals surface area contributed by atoms with Crippen LogP contribution < -0.4 is 24.2 Å². The number of anilines is 1. The molecule has 0 heterocycles. The molecule has 0 aliphatic rings. The second-order valence-electron chi connectivity index (χ2n) is 9.98. The Morgan fingerprint density at radius 2 is 1.31 bits per heavy atom. The molecule has 0 unspecified atom stereocenters. The van der Waals surface area contributed by atoms with E-state index < -0.39 is 34.4 Å². The summed E-state index contributed by atoms with van der Waals surface area (Å²) < 4.78 is 57.1. The minimum Gasteiger partial charge on any atom is -0.497 e. The van der Waals surface area contributed by atoms with Crippen molar-refractivity contribution in [2.24, 2.45) is 0 Å². The summed E-state index contributed by atoms with van der Waals surface area (Å²) in [6, 6.07) is 24.0. The van der Waals surface area contributed by atoms with Crippen LogP contribution >= 0.6 is 0 Å². The van der Waals surface area contributed by atoms with Crippen molar-refractivity contribution in [3.05, 3.63) is 114 Å². The predicted molar refractivity (Wildman–Crippen MR) is 167 cm³/mol. The number of hydrogen-bond donors (Lipinski definition) is 2. The topological polar surface area (TPSA) is 123 Å². The van der Waals surface area contributed by atoms with Crippen LogP contribution in [0.3, 0.4) is 0 Å². The number of sulfonamides is 1. The van der Waals surface area contributed by atoms with E-state index in [0.717, 1.165) is 23.3 Å². The number of methoxy groups -OCH3 is 2. The highest BCUT2D eigenvalue weighted by molar-refractivity contribution is 7.92. The molecule has 2 N–H and O–H groups in total. The van der Waals surface area contributed by atoms with Gasteiger partial charge in [0.15, 0.2) is 6.61 Å². The average Bonchev–Trinajstić information content (AvgIpc) is 3.06. The number of ether oxygens (including phenoxy) is 3. The van der Waals surface area contributed by atoms with Gasteiger partial charge in [-0.3, -0.25) is 14.3 Å². The third-order valence-corrected chi connectivity index (χ3v) is 8.30. The molecular formula is C33H34FN3O7S.